The van der Waals surface area contributed by atoms with Gasteiger partial charge < -0.3 is 9.84 Å². The summed E-state index contributed by atoms with van der Waals surface area (Å²) in [7, 11) is 0. The zero-order chi connectivity index (χ0) is 10.7. The molecule has 2 aromatic heterocycles. The topological polar surface area (TPSA) is 51.0 Å². The standard InChI is InChI=1S/C10H10BrN3O/c1-7-4-9(11)10(12-5-7)13-6-8-2-3-15-14-8/h2-5H,6H2,1H3,(H,12,13). The molecule has 0 saturated carbocycles. The summed E-state index contributed by atoms with van der Waals surface area (Å²) in [6, 6.07) is 3.83. The molecule has 0 atom stereocenters. The molecule has 0 unspecified atom stereocenters. The Hall–Kier alpha value is -1.36. The number of anilines is 1. The number of aryl methyl sites for hydroxylation is 1. The third-order valence-corrected chi connectivity index (χ3v) is 2.51. The molecule has 0 amide bonds. The first kappa shape index (κ1) is 10.2. The van der Waals surface area contributed by atoms with Crippen molar-refractivity contribution in [1.29, 1.82) is 0 Å². The van der Waals surface area contributed by atoms with Crippen molar-refractivity contribution in [2.24, 2.45) is 0 Å². The Balaban J connectivity index is 2.05. The maximum Gasteiger partial charge on any atom is 0.140 e. The minimum absolute atomic E-state index is 0.602. The van der Waals surface area contributed by atoms with E-state index in [1.165, 1.54) is 0 Å². The number of nitrogens with one attached hydrogen (secondary N) is 1. The Bertz CT molecular complexity index is 442. The molecule has 4 nitrogen and oxygen atoms in total. The summed E-state index contributed by atoms with van der Waals surface area (Å²) in [5.41, 5.74) is 1.97. The average molecular weight is 268 g/mol. The third kappa shape index (κ3) is 2.56. The summed E-state index contributed by atoms with van der Waals surface area (Å²) in [4.78, 5) is 4.26. The zero-order valence-corrected chi connectivity index (χ0v) is 9.78. The van der Waals surface area contributed by atoms with Crippen molar-refractivity contribution >= 4 is 21.7 Å². The van der Waals surface area contributed by atoms with E-state index in [9.17, 15) is 0 Å². The number of rotatable bonds is 3. The molecule has 0 aromatic carbocycles. The molecular formula is C10H10BrN3O. The van der Waals surface area contributed by atoms with Gasteiger partial charge in [-0.25, -0.2) is 4.98 Å². The van der Waals surface area contributed by atoms with Crippen LogP contribution in [0.25, 0.3) is 0 Å². The molecule has 0 aliphatic heterocycles. The second kappa shape index (κ2) is 4.44. The van der Waals surface area contributed by atoms with Gasteiger partial charge in [-0.1, -0.05) is 5.16 Å². The molecule has 0 saturated heterocycles. The molecule has 0 aliphatic carbocycles. The maximum atomic E-state index is 4.73. The zero-order valence-electron chi connectivity index (χ0n) is 8.20. The summed E-state index contributed by atoms with van der Waals surface area (Å²) in [5.74, 6) is 0.809. The summed E-state index contributed by atoms with van der Waals surface area (Å²) < 4.78 is 5.68. The predicted octanol–water partition coefficient (Wildman–Crippen LogP) is 2.75. The molecule has 15 heavy (non-hydrogen) atoms. The van der Waals surface area contributed by atoms with Gasteiger partial charge in [0.05, 0.1) is 11.0 Å². The Morgan fingerprint density at radius 3 is 3.07 bits per heavy atom. The molecule has 0 aliphatic rings. The molecule has 1 N–H and O–H groups in total. The number of hydrogen-bond donors (Lipinski definition) is 1. The Morgan fingerprint density at radius 2 is 2.40 bits per heavy atom. The van der Waals surface area contributed by atoms with Gasteiger partial charge in [0.2, 0.25) is 0 Å². The molecule has 2 aromatic rings. The van der Waals surface area contributed by atoms with Gasteiger partial charge in [0, 0.05) is 12.3 Å². The smallest absolute Gasteiger partial charge is 0.140 e. The van der Waals surface area contributed by atoms with Gasteiger partial charge >= 0.3 is 0 Å². The van der Waals surface area contributed by atoms with E-state index in [4.69, 9.17) is 4.52 Å². The largest absolute Gasteiger partial charge is 0.364 e. The number of nitrogens with zero attached hydrogens (tertiary/aromatic N) is 2. The van der Waals surface area contributed by atoms with E-state index >= 15 is 0 Å². The van der Waals surface area contributed by atoms with Crippen LogP contribution in [0, 0.1) is 6.92 Å². The van der Waals surface area contributed by atoms with Crippen molar-refractivity contribution in [1.82, 2.24) is 10.1 Å². The molecule has 78 valence electrons. The molecule has 2 rings (SSSR count). The Labute approximate surface area is 95.8 Å². The van der Waals surface area contributed by atoms with E-state index in [0.29, 0.717) is 6.54 Å². The first-order valence-electron chi connectivity index (χ1n) is 4.51. The highest BCUT2D eigenvalue weighted by Crippen LogP contribution is 2.20. The minimum Gasteiger partial charge on any atom is -0.364 e. The summed E-state index contributed by atoms with van der Waals surface area (Å²) in [6.07, 6.45) is 3.37. The number of pyridine rings is 1. The van der Waals surface area contributed by atoms with Gasteiger partial charge in [0.25, 0.3) is 0 Å². The maximum absolute atomic E-state index is 4.73. The second-order valence-electron chi connectivity index (χ2n) is 3.19. The molecule has 0 spiro atoms. The predicted molar refractivity (Wildman–Crippen MR) is 60.5 cm³/mol. The van der Waals surface area contributed by atoms with Crippen LogP contribution in [0.5, 0.6) is 0 Å². The summed E-state index contributed by atoms with van der Waals surface area (Å²) >= 11 is 3.44. The quantitative estimate of drug-likeness (QED) is 0.929. The van der Waals surface area contributed by atoms with Gasteiger partial charge in [-0.3, -0.25) is 0 Å². The molecule has 2 heterocycles. The van der Waals surface area contributed by atoms with Gasteiger partial charge in [0.15, 0.2) is 0 Å². The van der Waals surface area contributed by atoms with Crippen LogP contribution in [0.4, 0.5) is 5.82 Å². The van der Waals surface area contributed by atoms with Crippen molar-refractivity contribution in [2.45, 2.75) is 13.5 Å². The fraction of sp³-hybridized carbons (Fsp3) is 0.200. The first-order chi connectivity index (χ1) is 7.25. The van der Waals surface area contributed by atoms with E-state index in [2.05, 4.69) is 31.4 Å². The van der Waals surface area contributed by atoms with Crippen LogP contribution in [-0.4, -0.2) is 10.1 Å². The van der Waals surface area contributed by atoms with Crippen LogP contribution in [0.3, 0.4) is 0 Å². The average Bonchev–Trinajstić information content (AvgIpc) is 2.69. The monoisotopic (exact) mass is 267 g/mol. The first-order valence-corrected chi connectivity index (χ1v) is 5.30. The van der Waals surface area contributed by atoms with Crippen LogP contribution in [0.2, 0.25) is 0 Å². The fourth-order valence-electron chi connectivity index (χ4n) is 1.17. The van der Waals surface area contributed by atoms with Crippen LogP contribution in [-0.2, 0) is 6.54 Å². The van der Waals surface area contributed by atoms with Gasteiger partial charge in [0.1, 0.15) is 17.8 Å². The molecule has 0 fully saturated rings. The van der Waals surface area contributed by atoms with Gasteiger partial charge in [-0.2, -0.15) is 0 Å². The lowest BCUT2D eigenvalue weighted by Crippen LogP contribution is -2.02. The number of halogens is 1. The molecule has 5 heteroatoms. The summed E-state index contributed by atoms with van der Waals surface area (Å²) in [5, 5.41) is 6.96. The second-order valence-corrected chi connectivity index (χ2v) is 4.04. The highest BCUT2D eigenvalue weighted by Gasteiger charge is 2.02. The Kier molecular flexibility index (Phi) is 3.01. The van der Waals surface area contributed by atoms with Crippen LogP contribution in [0.15, 0.2) is 33.6 Å². The van der Waals surface area contributed by atoms with Gasteiger partial charge in [-0.15, -0.1) is 0 Å². The lowest BCUT2D eigenvalue weighted by molar-refractivity contribution is 0.412. The van der Waals surface area contributed by atoms with Crippen molar-refractivity contribution in [3.8, 4) is 0 Å². The fourth-order valence-corrected chi connectivity index (χ4v) is 1.77. The van der Waals surface area contributed by atoms with E-state index in [0.717, 1.165) is 21.5 Å². The van der Waals surface area contributed by atoms with Crippen LogP contribution < -0.4 is 5.32 Å². The Morgan fingerprint density at radius 1 is 1.53 bits per heavy atom. The normalized spacial score (nSPS) is 10.3. The van der Waals surface area contributed by atoms with E-state index in [1.807, 2.05) is 25.3 Å². The lowest BCUT2D eigenvalue weighted by atomic mass is 10.3. The molecular weight excluding hydrogens is 258 g/mol. The van der Waals surface area contributed by atoms with E-state index in [-0.39, 0.29) is 0 Å². The highest BCUT2D eigenvalue weighted by atomic mass is 79.9. The summed E-state index contributed by atoms with van der Waals surface area (Å²) in [6.45, 7) is 2.60. The molecule has 0 bridgehead atoms. The highest BCUT2D eigenvalue weighted by molar-refractivity contribution is 9.10. The van der Waals surface area contributed by atoms with E-state index in [1.54, 1.807) is 6.26 Å². The number of hydrogen-bond acceptors (Lipinski definition) is 4. The van der Waals surface area contributed by atoms with E-state index < -0.39 is 0 Å². The minimum atomic E-state index is 0.602. The lowest BCUT2D eigenvalue weighted by Gasteiger charge is -2.05. The van der Waals surface area contributed by atoms with Crippen LogP contribution >= 0.6 is 15.9 Å². The number of aromatic nitrogens is 2. The third-order valence-electron chi connectivity index (χ3n) is 1.91. The van der Waals surface area contributed by atoms with Gasteiger partial charge in [-0.05, 0) is 34.5 Å². The van der Waals surface area contributed by atoms with Crippen molar-refractivity contribution in [3.05, 3.63) is 40.3 Å². The van der Waals surface area contributed by atoms with Crippen molar-refractivity contribution in [3.63, 3.8) is 0 Å². The van der Waals surface area contributed by atoms with Crippen molar-refractivity contribution < 1.29 is 4.52 Å². The SMILES string of the molecule is Cc1cnc(NCc2ccon2)c(Br)c1. The molecule has 0 radical (unpaired) electrons. The van der Waals surface area contributed by atoms with Crippen LogP contribution in [0.1, 0.15) is 11.3 Å². The van der Waals surface area contributed by atoms with Crippen molar-refractivity contribution in [2.75, 3.05) is 5.32 Å².